The molecule has 4 nitrogen and oxygen atoms in total. The van der Waals surface area contributed by atoms with Gasteiger partial charge in [-0.3, -0.25) is 9.69 Å². The Kier molecular flexibility index (Phi) is 7.16. The van der Waals surface area contributed by atoms with E-state index in [0.717, 1.165) is 51.7 Å². The topological polar surface area (TPSA) is 52.6 Å². The third-order valence-electron chi connectivity index (χ3n) is 5.43. The van der Waals surface area contributed by atoms with Crippen molar-refractivity contribution in [2.45, 2.75) is 64.8 Å². The smallest absolute Gasteiger partial charge is 0.223 e. The van der Waals surface area contributed by atoms with Gasteiger partial charge in [0.15, 0.2) is 0 Å². The zero-order valence-electron chi connectivity index (χ0n) is 14.4. The molecule has 2 fully saturated rings. The van der Waals surface area contributed by atoms with E-state index in [2.05, 4.69) is 24.1 Å². The van der Waals surface area contributed by atoms with Gasteiger partial charge >= 0.3 is 0 Å². The molecule has 3 atom stereocenters. The van der Waals surface area contributed by atoms with Gasteiger partial charge in [-0.15, -0.1) is 0 Å². The maximum Gasteiger partial charge on any atom is 0.223 e. The largest absolute Gasteiger partial charge is 0.395 e. The predicted molar refractivity (Wildman–Crippen MR) is 89.6 cm³/mol. The number of nitrogens with one attached hydrogen (secondary N) is 1. The lowest BCUT2D eigenvalue weighted by Gasteiger charge is -2.30. The molecule has 2 N–H and O–H groups in total. The highest BCUT2D eigenvalue weighted by molar-refractivity contribution is 5.78. The Hall–Kier alpha value is -0.610. The molecule has 1 aliphatic carbocycles. The fourth-order valence-corrected chi connectivity index (χ4v) is 4.35. The van der Waals surface area contributed by atoms with Crippen LogP contribution in [0.2, 0.25) is 0 Å². The van der Waals surface area contributed by atoms with Crippen molar-refractivity contribution in [3.8, 4) is 0 Å². The number of aliphatic hydroxyl groups excluding tert-OH is 1. The average molecular weight is 310 g/mol. The Balaban J connectivity index is 1.57. The Bertz CT molecular complexity index is 338. The molecule has 128 valence electrons. The van der Waals surface area contributed by atoms with E-state index < -0.39 is 0 Å². The van der Waals surface area contributed by atoms with Crippen LogP contribution in [-0.2, 0) is 4.79 Å². The van der Waals surface area contributed by atoms with Gasteiger partial charge in [0.05, 0.1) is 6.61 Å². The molecule has 0 bridgehead atoms. The van der Waals surface area contributed by atoms with Crippen molar-refractivity contribution in [2.75, 3.05) is 26.2 Å². The molecule has 2 aliphatic rings. The highest BCUT2D eigenvalue weighted by atomic mass is 16.3. The molecule has 2 rings (SSSR count). The zero-order valence-corrected chi connectivity index (χ0v) is 14.4. The summed E-state index contributed by atoms with van der Waals surface area (Å²) < 4.78 is 0. The Morgan fingerprint density at radius 3 is 2.59 bits per heavy atom. The minimum atomic E-state index is 0.233. The number of hydrogen-bond donors (Lipinski definition) is 2. The molecule has 1 heterocycles. The average Bonchev–Trinajstić information content (AvgIpc) is 2.93. The number of carbonyl (C=O) groups is 1. The van der Waals surface area contributed by atoms with Crippen LogP contribution in [0, 0.1) is 17.8 Å². The van der Waals surface area contributed by atoms with Crippen LogP contribution in [0.15, 0.2) is 0 Å². The van der Waals surface area contributed by atoms with Gasteiger partial charge in [-0.05, 0) is 69.9 Å². The highest BCUT2D eigenvalue weighted by Gasteiger charge is 2.28. The van der Waals surface area contributed by atoms with E-state index in [1.54, 1.807) is 0 Å². The van der Waals surface area contributed by atoms with Gasteiger partial charge in [0.25, 0.3) is 0 Å². The number of amides is 1. The molecule has 22 heavy (non-hydrogen) atoms. The number of carbonyl (C=O) groups excluding carboxylic acids is 1. The molecule has 4 heteroatoms. The first kappa shape index (κ1) is 17.7. The van der Waals surface area contributed by atoms with Crippen LogP contribution < -0.4 is 5.32 Å². The molecular formula is C18H34N2O2. The zero-order chi connectivity index (χ0) is 15.9. The number of aliphatic hydroxyl groups is 1. The van der Waals surface area contributed by atoms with E-state index in [1.165, 1.54) is 12.8 Å². The number of nitrogens with zero attached hydrogens (tertiary/aromatic N) is 1. The summed E-state index contributed by atoms with van der Waals surface area (Å²) in [6.07, 6.45) is 7.87. The Labute approximate surface area is 135 Å². The van der Waals surface area contributed by atoms with E-state index in [9.17, 15) is 9.90 Å². The van der Waals surface area contributed by atoms with Crippen molar-refractivity contribution >= 4 is 5.91 Å². The van der Waals surface area contributed by atoms with Gasteiger partial charge in [-0.2, -0.15) is 0 Å². The van der Waals surface area contributed by atoms with Gasteiger partial charge in [-0.1, -0.05) is 13.8 Å². The van der Waals surface area contributed by atoms with E-state index in [-0.39, 0.29) is 18.4 Å². The monoisotopic (exact) mass is 310 g/mol. The van der Waals surface area contributed by atoms with Gasteiger partial charge < -0.3 is 10.4 Å². The fourth-order valence-electron chi connectivity index (χ4n) is 4.35. The number of unbranched alkanes of at least 4 members (excludes halogenated alkanes) is 1. The maximum absolute atomic E-state index is 12.3. The summed E-state index contributed by atoms with van der Waals surface area (Å²) in [5.41, 5.74) is 0. The molecule has 1 saturated carbocycles. The second-order valence-electron chi connectivity index (χ2n) is 7.63. The number of likely N-dealkylation sites (tertiary alicyclic amines) is 1. The Morgan fingerprint density at radius 2 is 1.91 bits per heavy atom. The second-order valence-corrected chi connectivity index (χ2v) is 7.63. The van der Waals surface area contributed by atoms with Gasteiger partial charge in [0, 0.05) is 18.5 Å². The van der Waals surface area contributed by atoms with Gasteiger partial charge in [0.1, 0.15) is 0 Å². The quantitative estimate of drug-likeness (QED) is 0.710. The highest BCUT2D eigenvalue weighted by Crippen LogP contribution is 2.32. The summed E-state index contributed by atoms with van der Waals surface area (Å²) >= 11 is 0. The third-order valence-corrected chi connectivity index (χ3v) is 5.43. The summed E-state index contributed by atoms with van der Waals surface area (Å²) in [6.45, 7) is 7.80. The third kappa shape index (κ3) is 5.24. The van der Waals surface area contributed by atoms with Crippen LogP contribution in [0.1, 0.15) is 58.8 Å². The number of rotatable bonds is 7. The molecule has 1 aliphatic heterocycles. The van der Waals surface area contributed by atoms with Crippen molar-refractivity contribution in [1.29, 1.82) is 0 Å². The molecule has 1 amide bonds. The van der Waals surface area contributed by atoms with Gasteiger partial charge in [0.2, 0.25) is 5.91 Å². The Morgan fingerprint density at radius 1 is 1.18 bits per heavy atom. The summed E-state index contributed by atoms with van der Waals surface area (Å²) in [5, 5.41) is 12.4. The number of hydrogen-bond acceptors (Lipinski definition) is 3. The van der Waals surface area contributed by atoms with Crippen molar-refractivity contribution < 1.29 is 9.90 Å². The summed E-state index contributed by atoms with van der Waals surface area (Å²) in [5.74, 6) is 1.87. The minimum absolute atomic E-state index is 0.233. The lowest BCUT2D eigenvalue weighted by atomic mass is 9.76. The minimum Gasteiger partial charge on any atom is -0.395 e. The molecule has 0 aromatic rings. The lowest BCUT2D eigenvalue weighted by Crippen LogP contribution is -2.36. The molecule has 1 saturated heterocycles. The molecular weight excluding hydrogens is 276 g/mol. The van der Waals surface area contributed by atoms with Crippen molar-refractivity contribution in [2.24, 2.45) is 17.8 Å². The molecule has 3 unspecified atom stereocenters. The molecule has 0 spiro atoms. The van der Waals surface area contributed by atoms with Crippen molar-refractivity contribution in [1.82, 2.24) is 10.2 Å². The van der Waals surface area contributed by atoms with Crippen molar-refractivity contribution in [3.63, 3.8) is 0 Å². The van der Waals surface area contributed by atoms with Crippen LogP contribution in [0.3, 0.4) is 0 Å². The molecule has 0 aromatic heterocycles. The molecule has 0 radical (unpaired) electrons. The van der Waals surface area contributed by atoms with Crippen LogP contribution in [0.4, 0.5) is 0 Å². The van der Waals surface area contributed by atoms with Crippen LogP contribution in [-0.4, -0.2) is 48.2 Å². The fraction of sp³-hybridized carbons (Fsp3) is 0.944. The SMILES string of the molecule is CC1CC(C)CC(C(=O)NCCCCN2CCCC2CO)C1. The van der Waals surface area contributed by atoms with E-state index >= 15 is 0 Å². The first-order valence-electron chi connectivity index (χ1n) is 9.22. The summed E-state index contributed by atoms with van der Waals surface area (Å²) in [4.78, 5) is 14.6. The van der Waals surface area contributed by atoms with Crippen LogP contribution in [0.5, 0.6) is 0 Å². The predicted octanol–water partition coefficient (Wildman–Crippen LogP) is 2.41. The normalized spacial score (nSPS) is 33.0. The maximum atomic E-state index is 12.3. The van der Waals surface area contributed by atoms with Gasteiger partial charge in [-0.25, -0.2) is 0 Å². The lowest BCUT2D eigenvalue weighted by molar-refractivity contribution is -0.126. The molecule has 0 aromatic carbocycles. The second kappa shape index (κ2) is 8.88. The van der Waals surface area contributed by atoms with Crippen molar-refractivity contribution in [3.05, 3.63) is 0 Å². The van der Waals surface area contributed by atoms with E-state index in [1.807, 2.05) is 0 Å². The van der Waals surface area contributed by atoms with E-state index in [0.29, 0.717) is 17.9 Å². The standard InChI is InChI=1S/C18H34N2O2/c1-14-10-15(2)12-16(11-14)18(22)19-7-3-4-8-20-9-5-6-17(20)13-21/h14-17,21H,3-13H2,1-2H3,(H,19,22). The summed E-state index contributed by atoms with van der Waals surface area (Å²) in [7, 11) is 0. The van der Waals surface area contributed by atoms with Crippen LogP contribution in [0.25, 0.3) is 0 Å². The first-order chi connectivity index (χ1) is 10.6. The van der Waals surface area contributed by atoms with E-state index in [4.69, 9.17) is 0 Å². The summed E-state index contributed by atoms with van der Waals surface area (Å²) in [6, 6.07) is 0.375. The first-order valence-corrected chi connectivity index (χ1v) is 9.22. The van der Waals surface area contributed by atoms with Crippen LogP contribution >= 0.6 is 0 Å².